The van der Waals surface area contributed by atoms with E-state index in [1.165, 1.54) is 5.56 Å². The van der Waals surface area contributed by atoms with Gasteiger partial charge in [-0.05, 0) is 35.4 Å². The first-order chi connectivity index (χ1) is 11.2. The van der Waals surface area contributed by atoms with E-state index in [2.05, 4.69) is 27.1 Å². The summed E-state index contributed by atoms with van der Waals surface area (Å²) in [6, 6.07) is 15.8. The highest BCUT2D eigenvalue weighted by Gasteiger charge is 2.15. The highest BCUT2D eigenvalue weighted by Crippen LogP contribution is 2.13. The van der Waals surface area contributed by atoms with Crippen LogP contribution in [0, 0.1) is 0 Å². The Hall–Kier alpha value is -1.55. The third-order valence-corrected chi connectivity index (χ3v) is 4.37. The van der Waals surface area contributed by atoms with Crippen LogP contribution >= 0.6 is 23.2 Å². The number of piperazine rings is 1. The molecule has 0 N–H and O–H groups in total. The van der Waals surface area contributed by atoms with Gasteiger partial charge in [0.2, 0.25) is 0 Å². The fourth-order valence-electron chi connectivity index (χ4n) is 2.59. The predicted molar refractivity (Wildman–Crippen MR) is 97.3 cm³/mol. The van der Waals surface area contributed by atoms with Crippen molar-refractivity contribution in [2.24, 2.45) is 5.10 Å². The number of halogens is 2. The SMILES string of the molecule is Clc1ccc(CN2CCN(/N=C\c3cccc(Cl)c3)CC2)cc1. The maximum atomic E-state index is 5.98. The Balaban J connectivity index is 1.49. The van der Waals surface area contributed by atoms with E-state index in [1.54, 1.807) is 0 Å². The Bertz CT molecular complexity index is 662. The molecule has 0 aliphatic carbocycles. The first-order valence-electron chi connectivity index (χ1n) is 7.70. The van der Waals surface area contributed by atoms with Crippen LogP contribution in [0.25, 0.3) is 0 Å². The van der Waals surface area contributed by atoms with E-state index in [1.807, 2.05) is 42.6 Å². The lowest BCUT2D eigenvalue weighted by Gasteiger charge is -2.33. The predicted octanol–water partition coefficient (Wildman–Crippen LogP) is 4.15. The largest absolute Gasteiger partial charge is 0.295 e. The molecule has 0 aromatic heterocycles. The van der Waals surface area contributed by atoms with Crippen molar-refractivity contribution in [3.05, 3.63) is 69.7 Å². The lowest BCUT2D eigenvalue weighted by molar-refractivity contribution is 0.131. The average Bonchev–Trinajstić information content (AvgIpc) is 2.56. The molecule has 1 saturated heterocycles. The maximum absolute atomic E-state index is 5.98. The summed E-state index contributed by atoms with van der Waals surface area (Å²) in [5, 5.41) is 8.19. The Morgan fingerprint density at radius 3 is 2.35 bits per heavy atom. The van der Waals surface area contributed by atoms with Crippen LogP contribution in [0.1, 0.15) is 11.1 Å². The molecule has 0 amide bonds. The summed E-state index contributed by atoms with van der Waals surface area (Å²) in [7, 11) is 0. The van der Waals surface area contributed by atoms with Gasteiger partial charge in [-0.3, -0.25) is 9.91 Å². The molecule has 3 rings (SSSR count). The second kappa shape index (κ2) is 7.82. The van der Waals surface area contributed by atoms with Crippen molar-refractivity contribution in [1.29, 1.82) is 0 Å². The van der Waals surface area contributed by atoms with Gasteiger partial charge < -0.3 is 0 Å². The Morgan fingerprint density at radius 1 is 0.913 bits per heavy atom. The number of hydrogen-bond acceptors (Lipinski definition) is 3. The zero-order valence-corrected chi connectivity index (χ0v) is 14.3. The molecular formula is C18H19Cl2N3. The maximum Gasteiger partial charge on any atom is 0.0543 e. The summed E-state index contributed by atoms with van der Waals surface area (Å²) >= 11 is 11.9. The fourth-order valence-corrected chi connectivity index (χ4v) is 2.92. The summed E-state index contributed by atoms with van der Waals surface area (Å²) in [6.45, 7) is 4.85. The molecule has 5 heteroatoms. The molecular weight excluding hydrogens is 329 g/mol. The minimum atomic E-state index is 0.738. The molecule has 2 aromatic carbocycles. The lowest BCUT2D eigenvalue weighted by atomic mass is 10.2. The molecule has 1 heterocycles. The first-order valence-corrected chi connectivity index (χ1v) is 8.46. The molecule has 0 unspecified atom stereocenters. The van der Waals surface area contributed by atoms with Crippen molar-refractivity contribution >= 4 is 29.4 Å². The quantitative estimate of drug-likeness (QED) is 0.773. The van der Waals surface area contributed by atoms with Crippen molar-refractivity contribution < 1.29 is 0 Å². The van der Waals surface area contributed by atoms with Crippen LogP contribution in [0.15, 0.2) is 53.6 Å². The van der Waals surface area contributed by atoms with Crippen molar-refractivity contribution in [2.75, 3.05) is 26.2 Å². The van der Waals surface area contributed by atoms with Gasteiger partial charge in [-0.15, -0.1) is 0 Å². The highest BCUT2D eigenvalue weighted by molar-refractivity contribution is 6.31. The van der Waals surface area contributed by atoms with Gasteiger partial charge in [0.1, 0.15) is 0 Å². The average molecular weight is 348 g/mol. The highest BCUT2D eigenvalue weighted by atomic mass is 35.5. The Labute approximate surface area is 147 Å². The summed E-state index contributed by atoms with van der Waals surface area (Å²) in [6.07, 6.45) is 1.88. The summed E-state index contributed by atoms with van der Waals surface area (Å²) < 4.78 is 0. The lowest BCUT2D eigenvalue weighted by Crippen LogP contribution is -2.43. The van der Waals surface area contributed by atoms with Crippen molar-refractivity contribution in [3.63, 3.8) is 0 Å². The fraction of sp³-hybridized carbons (Fsp3) is 0.278. The van der Waals surface area contributed by atoms with Crippen LogP contribution in [0.4, 0.5) is 0 Å². The summed E-state index contributed by atoms with van der Waals surface area (Å²) in [5.41, 5.74) is 2.33. The minimum Gasteiger partial charge on any atom is -0.295 e. The van der Waals surface area contributed by atoms with E-state index in [0.29, 0.717) is 0 Å². The molecule has 0 bridgehead atoms. The first kappa shape index (κ1) is 16.3. The van der Waals surface area contributed by atoms with E-state index < -0.39 is 0 Å². The molecule has 1 aliphatic rings. The van der Waals surface area contributed by atoms with E-state index >= 15 is 0 Å². The normalized spacial score (nSPS) is 16.2. The molecule has 1 fully saturated rings. The standard InChI is InChI=1S/C18H19Cl2N3/c19-17-6-4-15(5-7-17)14-22-8-10-23(11-9-22)21-13-16-2-1-3-18(20)12-16/h1-7,12-13H,8-11,14H2/b21-13-. The van der Waals surface area contributed by atoms with Gasteiger partial charge in [0.25, 0.3) is 0 Å². The van der Waals surface area contributed by atoms with Crippen molar-refractivity contribution in [2.45, 2.75) is 6.54 Å². The monoisotopic (exact) mass is 347 g/mol. The second-order valence-electron chi connectivity index (χ2n) is 5.66. The van der Waals surface area contributed by atoms with Gasteiger partial charge in [0.15, 0.2) is 0 Å². The van der Waals surface area contributed by atoms with Crippen LogP contribution in [0.5, 0.6) is 0 Å². The zero-order chi connectivity index (χ0) is 16.1. The number of benzene rings is 2. The third-order valence-electron chi connectivity index (χ3n) is 3.89. The van der Waals surface area contributed by atoms with E-state index in [-0.39, 0.29) is 0 Å². The Kier molecular flexibility index (Phi) is 5.55. The number of hydrazone groups is 1. The molecule has 23 heavy (non-hydrogen) atoms. The van der Waals surface area contributed by atoms with E-state index in [0.717, 1.165) is 48.3 Å². The Morgan fingerprint density at radius 2 is 1.65 bits per heavy atom. The smallest absolute Gasteiger partial charge is 0.0543 e. The second-order valence-corrected chi connectivity index (χ2v) is 6.53. The minimum absolute atomic E-state index is 0.738. The summed E-state index contributed by atoms with van der Waals surface area (Å²) in [4.78, 5) is 2.44. The van der Waals surface area contributed by atoms with Crippen LogP contribution in [0.3, 0.4) is 0 Å². The molecule has 120 valence electrons. The van der Waals surface area contributed by atoms with Crippen LogP contribution in [-0.2, 0) is 6.54 Å². The molecule has 0 saturated carbocycles. The van der Waals surface area contributed by atoms with E-state index in [4.69, 9.17) is 23.2 Å². The van der Waals surface area contributed by atoms with Gasteiger partial charge >= 0.3 is 0 Å². The van der Waals surface area contributed by atoms with Gasteiger partial charge in [-0.2, -0.15) is 5.10 Å². The van der Waals surface area contributed by atoms with Crippen molar-refractivity contribution in [1.82, 2.24) is 9.91 Å². The number of hydrogen-bond donors (Lipinski definition) is 0. The number of nitrogens with zero attached hydrogens (tertiary/aromatic N) is 3. The van der Waals surface area contributed by atoms with Crippen LogP contribution in [0.2, 0.25) is 10.0 Å². The van der Waals surface area contributed by atoms with Gasteiger partial charge in [0.05, 0.1) is 6.21 Å². The molecule has 2 aromatic rings. The molecule has 0 atom stereocenters. The zero-order valence-electron chi connectivity index (χ0n) is 12.8. The van der Waals surface area contributed by atoms with Crippen LogP contribution in [-0.4, -0.2) is 42.3 Å². The van der Waals surface area contributed by atoms with Crippen LogP contribution < -0.4 is 0 Å². The van der Waals surface area contributed by atoms with Gasteiger partial charge in [-0.1, -0.05) is 47.5 Å². The van der Waals surface area contributed by atoms with E-state index in [9.17, 15) is 0 Å². The third kappa shape index (κ3) is 4.96. The van der Waals surface area contributed by atoms with Crippen molar-refractivity contribution in [3.8, 4) is 0 Å². The molecule has 0 radical (unpaired) electrons. The topological polar surface area (TPSA) is 18.8 Å². The number of rotatable bonds is 4. The van der Waals surface area contributed by atoms with Gasteiger partial charge in [-0.25, -0.2) is 0 Å². The molecule has 1 aliphatic heterocycles. The summed E-state index contributed by atoms with van der Waals surface area (Å²) in [5.74, 6) is 0. The molecule has 0 spiro atoms. The molecule has 3 nitrogen and oxygen atoms in total. The van der Waals surface area contributed by atoms with Gasteiger partial charge in [0, 0.05) is 42.8 Å².